The Balaban J connectivity index is 2.09. The molecule has 108 valence electrons. The minimum Gasteiger partial charge on any atom is -0.316 e. The van der Waals surface area contributed by atoms with E-state index in [0.29, 0.717) is 11.8 Å². The van der Waals surface area contributed by atoms with Crippen LogP contribution in [0.5, 0.6) is 0 Å². The minimum absolute atomic E-state index is 0.432. The maximum absolute atomic E-state index is 6.38. The van der Waals surface area contributed by atoms with Crippen molar-refractivity contribution in [3.63, 3.8) is 0 Å². The average molecular weight is 308 g/mol. The largest absolute Gasteiger partial charge is 0.316 e. The highest BCUT2D eigenvalue weighted by Gasteiger charge is 2.15. The maximum Gasteiger partial charge on any atom is 0.0441 e. The molecule has 1 nitrogen and oxygen atoms in total. The Morgan fingerprint density at radius 1 is 1.10 bits per heavy atom. The van der Waals surface area contributed by atoms with Crippen LogP contribution in [-0.2, 0) is 6.42 Å². The van der Waals surface area contributed by atoms with Crippen LogP contribution in [-0.4, -0.2) is 13.1 Å². The molecular formula is C17H22ClNS. The topological polar surface area (TPSA) is 12.0 Å². The molecule has 0 fully saturated rings. The molecule has 1 aromatic heterocycles. The predicted octanol–water partition coefficient (Wildman–Crippen LogP) is 4.97. The highest BCUT2D eigenvalue weighted by atomic mass is 35.5. The molecular weight excluding hydrogens is 286 g/mol. The van der Waals surface area contributed by atoms with E-state index in [1.807, 2.05) is 23.5 Å². The Morgan fingerprint density at radius 2 is 1.90 bits per heavy atom. The van der Waals surface area contributed by atoms with Crippen LogP contribution >= 0.6 is 22.9 Å². The van der Waals surface area contributed by atoms with Crippen LogP contribution < -0.4 is 5.32 Å². The first-order valence-electron chi connectivity index (χ1n) is 7.14. The summed E-state index contributed by atoms with van der Waals surface area (Å²) < 4.78 is 0. The summed E-state index contributed by atoms with van der Waals surface area (Å²) in [5.41, 5.74) is 1.25. The number of hydrogen-bond donors (Lipinski definition) is 1. The van der Waals surface area contributed by atoms with E-state index in [2.05, 4.69) is 48.8 Å². The molecule has 0 bridgehead atoms. The molecule has 0 radical (unpaired) electrons. The van der Waals surface area contributed by atoms with Crippen LogP contribution in [0.4, 0.5) is 0 Å². The van der Waals surface area contributed by atoms with Gasteiger partial charge in [-0.1, -0.05) is 49.7 Å². The van der Waals surface area contributed by atoms with Gasteiger partial charge >= 0.3 is 0 Å². The number of halogens is 1. The highest BCUT2D eigenvalue weighted by molar-refractivity contribution is 7.09. The van der Waals surface area contributed by atoms with Gasteiger partial charge in [0.25, 0.3) is 0 Å². The van der Waals surface area contributed by atoms with E-state index >= 15 is 0 Å². The van der Waals surface area contributed by atoms with Gasteiger partial charge in [-0.05, 0) is 42.0 Å². The van der Waals surface area contributed by atoms with E-state index in [1.165, 1.54) is 10.4 Å². The van der Waals surface area contributed by atoms with Crippen molar-refractivity contribution in [1.29, 1.82) is 0 Å². The SMILES string of the molecule is CC(C)CNCC(Cc1cccs1)c1ccccc1Cl. The normalized spacial score (nSPS) is 12.8. The third-order valence-corrected chi connectivity index (χ3v) is 4.56. The van der Waals surface area contributed by atoms with Gasteiger partial charge in [0.05, 0.1) is 0 Å². The molecule has 0 saturated heterocycles. The summed E-state index contributed by atoms with van der Waals surface area (Å²) in [6.45, 7) is 6.48. The molecule has 0 spiro atoms. The molecule has 1 heterocycles. The number of hydrogen-bond acceptors (Lipinski definition) is 2. The zero-order valence-electron chi connectivity index (χ0n) is 12.1. The zero-order chi connectivity index (χ0) is 14.4. The molecule has 1 N–H and O–H groups in total. The smallest absolute Gasteiger partial charge is 0.0441 e. The summed E-state index contributed by atoms with van der Waals surface area (Å²) in [5.74, 6) is 1.10. The summed E-state index contributed by atoms with van der Waals surface area (Å²) in [7, 11) is 0. The quantitative estimate of drug-likeness (QED) is 0.761. The molecule has 20 heavy (non-hydrogen) atoms. The van der Waals surface area contributed by atoms with Gasteiger partial charge in [0.1, 0.15) is 0 Å². The molecule has 1 atom stereocenters. The van der Waals surface area contributed by atoms with E-state index in [4.69, 9.17) is 11.6 Å². The van der Waals surface area contributed by atoms with Crippen LogP contribution in [0, 0.1) is 5.92 Å². The Kier molecular flexibility index (Phi) is 6.08. The highest BCUT2D eigenvalue weighted by Crippen LogP contribution is 2.28. The van der Waals surface area contributed by atoms with Gasteiger partial charge in [-0.3, -0.25) is 0 Å². The maximum atomic E-state index is 6.38. The summed E-state index contributed by atoms with van der Waals surface area (Å²) >= 11 is 8.20. The summed E-state index contributed by atoms with van der Waals surface area (Å²) in [6, 6.07) is 12.5. The van der Waals surface area contributed by atoms with Crippen molar-refractivity contribution >= 4 is 22.9 Å². The molecule has 0 aliphatic rings. The Bertz CT molecular complexity index is 507. The fourth-order valence-corrected chi connectivity index (χ4v) is 3.39. The van der Waals surface area contributed by atoms with Crippen LogP contribution in [0.1, 0.15) is 30.2 Å². The third-order valence-electron chi connectivity index (χ3n) is 3.32. The molecule has 3 heteroatoms. The predicted molar refractivity (Wildman–Crippen MR) is 89.9 cm³/mol. The zero-order valence-corrected chi connectivity index (χ0v) is 13.7. The standard InChI is InChI=1S/C17H22ClNS/c1-13(2)11-19-12-14(10-15-6-5-9-20-15)16-7-3-4-8-17(16)18/h3-9,13-14,19H,10-12H2,1-2H3. The Labute approximate surface area is 131 Å². The van der Waals surface area contributed by atoms with Gasteiger partial charge in [0, 0.05) is 22.4 Å². The van der Waals surface area contributed by atoms with Gasteiger partial charge in [0.2, 0.25) is 0 Å². The molecule has 0 saturated carbocycles. The summed E-state index contributed by atoms with van der Waals surface area (Å²) in [4.78, 5) is 1.42. The molecule has 2 rings (SSSR count). The lowest BCUT2D eigenvalue weighted by atomic mass is 9.94. The molecule has 0 amide bonds. The fourth-order valence-electron chi connectivity index (χ4n) is 2.32. The van der Waals surface area contributed by atoms with Gasteiger partial charge in [-0.15, -0.1) is 11.3 Å². The minimum atomic E-state index is 0.432. The van der Waals surface area contributed by atoms with Crippen LogP contribution in [0.25, 0.3) is 0 Å². The summed E-state index contributed by atoms with van der Waals surface area (Å²) in [5, 5.41) is 6.58. The van der Waals surface area contributed by atoms with E-state index in [0.717, 1.165) is 24.5 Å². The van der Waals surface area contributed by atoms with Crippen molar-refractivity contribution in [1.82, 2.24) is 5.32 Å². The number of nitrogens with one attached hydrogen (secondary N) is 1. The first kappa shape index (κ1) is 15.6. The molecule has 2 aromatic rings. The lowest BCUT2D eigenvalue weighted by Gasteiger charge is -2.19. The summed E-state index contributed by atoms with van der Waals surface area (Å²) in [6.07, 6.45) is 1.05. The van der Waals surface area contributed by atoms with Crippen molar-refractivity contribution in [2.24, 2.45) is 5.92 Å². The molecule has 0 aliphatic heterocycles. The van der Waals surface area contributed by atoms with Gasteiger partial charge in [0.15, 0.2) is 0 Å². The molecule has 1 aromatic carbocycles. The first-order valence-corrected chi connectivity index (χ1v) is 8.40. The number of rotatable bonds is 7. The Hall–Kier alpha value is -0.830. The first-order chi connectivity index (χ1) is 9.66. The van der Waals surface area contributed by atoms with Crippen LogP contribution in [0.2, 0.25) is 5.02 Å². The van der Waals surface area contributed by atoms with Crippen molar-refractivity contribution in [3.05, 3.63) is 57.2 Å². The molecule has 1 unspecified atom stereocenters. The van der Waals surface area contributed by atoms with Crippen LogP contribution in [0.15, 0.2) is 41.8 Å². The molecule has 0 aliphatic carbocycles. The van der Waals surface area contributed by atoms with Gasteiger partial charge in [-0.2, -0.15) is 0 Å². The van der Waals surface area contributed by atoms with Crippen molar-refractivity contribution in [2.75, 3.05) is 13.1 Å². The monoisotopic (exact) mass is 307 g/mol. The van der Waals surface area contributed by atoms with E-state index in [-0.39, 0.29) is 0 Å². The second-order valence-electron chi connectivity index (χ2n) is 5.55. The van der Waals surface area contributed by atoms with Crippen LogP contribution in [0.3, 0.4) is 0 Å². The van der Waals surface area contributed by atoms with Gasteiger partial charge < -0.3 is 5.32 Å². The second kappa shape index (κ2) is 7.82. The Morgan fingerprint density at radius 3 is 2.55 bits per heavy atom. The van der Waals surface area contributed by atoms with Gasteiger partial charge in [-0.25, -0.2) is 0 Å². The van der Waals surface area contributed by atoms with E-state index in [9.17, 15) is 0 Å². The van der Waals surface area contributed by atoms with Crippen molar-refractivity contribution < 1.29 is 0 Å². The fraction of sp³-hybridized carbons (Fsp3) is 0.412. The average Bonchev–Trinajstić information content (AvgIpc) is 2.91. The lowest BCUT2D eigenvalue weighted by Crippen LogP contribution is -2.26. The van der Waals surface area contributed by atoms with E-state index in [1.54, 1.807) is 0 Å². The van der Waals surface area contributed by atoms with E-state index < -0.39 is 0 Å². The lowest BCUT2D eigenvalue weighted by molar-refractivity contribution is 0.515. The number of thiophene rings is 1. The number of benzene rings is 1. The van der Waals surface area contributed by atoms with Crippen molar-refractivity contribution in [2.45, 2.75) is 26.2 Å². The second-order valence-corrected chi connectivity index (χ2v) is 6.99. The van der Waals surface area contributed by atoms with Crippen molar-refractivity contribution in [3.8, 4) is 0 Å². The third kappa shape index (κ3) is 4.62.